The first-order valence-corrected chi connectivity index (χ1v) is 6.45. The van der Waals surface area contributed by atoms with Gasteiger partial charge in [-0.15, -0.1) is 0 Å². The number of benzene rings is 1. The van der Waals surface area contributed by atoms with Gasteiger partial charge in [0.2, 0.25) is 5.91 Å². The van der Waals surface area contributed by atoms with E-state index in [9.17, 15) is 14.9 Å². The molecule has 2 rings (SSSR count). The maximum absolute atomic E-state index is 11.4. The number of rotatable bonds is 6. The van der Waals surface area contributed by atoms with E-state index in [4.69, 9.17) is 9.47 Å². The monoisotopic (exact) mass is 295 g/mol. The molecule has 0 bridgehead atoms. The number of ether oxygens (including phenoxy) is 2. The van der Waals surface area contributed by atoms with Crippen molar-refractivity contribution in [3.63, 3.8) is 0 Å². The molecule has 0 aliphatic carbocycles. The molecule has 0 saturated heterocycles. The first-order chi connectivity index (χ1) is 10.0. The number of carbonyl (C=O) groups is 1. The van der Waals surface area contributed by atoms with Gasteiger partial charge in [-0.25, -0.2) is 0 Å². The Balaban J connectivity index is 2.27. The average molecular weight is 295 g/mol. The van der Waals surface area contributed by atoms with Crippen LogP contribution < -0.4 is 10.6 Å². The second-order valence-corrected chi connectivity index (χ2v) is 4.61. The Morgan fingerprint density at radius 3 is 2.71 bits per heavy atom. The summed E-state index contributed by atoms with van der Waals surface area (Å²) in [4.78, 5) is 22.0. The number of aryl methyl sites for hydroxylation is 1. The lowest BCUT2D eigenvalue weighted by molar-refractivity contribution is -0.383. The molecule has 2 N–H and O–H groups in total. The molecule has 1 aromatic carbocycles. The van der Waals surface area contributed by atoms with Crippen molar-refractivity contribution in [2.24, 2.45) is 0 Å². The summed E-state index contributed by atoms with van der Waals surface area (Å²) in [5, 5.41) is 16.8. The van der Waals surface area contributed by atoms with Gasteiger partial charge in [-0.05, 0) is 18.1 Å². The molecule has 0 atom stereocenters. The number of nitro groups is 1. The molecule has 0 spiro atoms. The van der Waals surface area contributed by atoms with Crippen LogP contribution in [0.4, 0.5) is 17.1 Å². The second kappa shape index (κ2) is 6.51. The van der Waals surface area contributed by atoms with E-state index >= 15 is 0 Å². The normalized spacial score (nSPS) is 13.8. The van der Waals surface area contributed by atoms with Crippen LogP contribution in [0, 0.1) is 10.1 Å². The summed E-state index contributed by atoms with van der Waals surface area (Å²) in [6.45, 7) is 0.277. The summed E-state index contributed by atoms with van der Waals surface area (Å²) in [6.07, 6.45) is 0.440. The van der Waals surface area contributed by atoms with Crippen molar-refractivity contribution < 1.29 is 19.2 Å². The molecule has 1 heterocycles. The van der Waals surface area contributed by atoms with E-state index in [2.05, 4.69) is 10.6 Å². The van der Waals surface area contributed by atoms with Gasteiger partial charge in [-0.2, -0.15) is 0 Å². The fraction of sp³-hybridized carbons (Fsp3) is 0.462. The van der Waals surface area contributed by atoms with Crippen LogP contribution in [0.3, 0.4) is 0 Å². The zero-order chi connectivity index (χ0) is 15.4. The molecule has 0 aromatic heterocycles. The number of amides is 1. The Bertz CT molecular complexity index is 557. The van der Waals surface area contributed by atoms with E-state index in [1.54, 1.807) is 6.07 Å². The highest BCUT2D eigenvalue weighted by Crippen LogP contribution is 2.34. The molecule has 0 fully saturated rings. The lowest BCUT2D eigenvalue weighted by Crippen LogP contribution is -2.24. The number of methoxy groups -OCH3 is 2. The van der Waals surface area contributed by atoms with Crippen molar-refractivity contribution >= 4 is 23.0 Å². The van der Waals surface area contributed by atoms with Gasteiger partial charge in [0.25, 0.3) is 5.69 Å². The van der Waals surface area contributed by atoms with Crippen LogP contribution in [0.15, 0.2) is 12.1 Å². The summed E-state index contributed by atoms with van der Waals surface area (Å²) >= 11 is 0. The molecule has 8 heteroatoms. The molecular formula is C13H17N3O5. The van der Waals surface area contributed by atoms with Crippen LogP contribution in [0.1, 0.15) is 12.0 Å². The van der Waals surface area contributed by atoms with E-state index in [1.807, 2.05) is 0 Å². The average Bonchev–Trinajstić information content (AvgIpc) is 2.47. The predicted octanol–water partition coefficient (Wildman–Crippen LogP) is 1.51. The third-order valence-corrected chi connectivity index (χ3v) is 3.30. The molecule has 1 amide bonds. The fourth-order valence-electron chi connectivity index (χ4n) is 2.17. The van der Waals surface area contributed by atoms with Crippen LogP contribution in [0.5, 0.6) is 0 Å². The van der Waals surface area contributed by atoms with Crippen LogP contribution in [0.2, 0.25) is 0 Å². The zero-order valence-corrected chi connectivity index (χ0v) is 11.8. The Labute approximate surface area is 121 Å². The smallest absolute Gasteiger partial charge is 0.294 e. The van der Waals surface area contributed by atoms with Crippen LogP contribution >= 0.6 is 0 Å². The summed E-state index contributed by atoms with van der Waals surface area (Å²) in [5.74, 6) is -0.128. The molecule has 0 radical (unpaired) electrons. The highest BCUT2D eigenvalue weighted by molar-refractivity contribution is 5.95. The fourth-order valence-corrected chi connectivity index (χ4v) is 2.17. The topological polar surface area (TPSA) is 103 Å². The summed E-state index contributed by atoms with van der Waals surface area (Å²) < 4.78 is 10.1. The standard InChI is InChI=1S/C13H17N3O5/c1-20-13(21-2)7-14-10-5-8-3-4-12(17)15-9(8)6-11(10)16(18)19/h5-6,13-14H,3-4,7H2,1-2H3,(H,15,17). The predicted molar refractivity (Wildman–Crippen MR) is 76.3 cm³/mol. The van der Waals surface area contributed by atoms with E-state index in [0.717, 1.165) is 5.56 Å². The third-order valence-electron chi connectivity index (χ3n) is 3.30. The number of carbonyl (C=O) groups excluding carboxylic acids is 1. The summed E-state index contributed by atoms with van der Waals surface area (Å²) in [6, 6.07) is 3.07. The molecular weight excluding hydrogens is 278 g/mol. The molecule has 21 heavy (non-hydrogen) atoms. The number of fused-ring (bicyclic) bond motifs is 1. The van der Waals surface area contributed by atoms with E-state index in [-0.39, 0.29) is 18.1 Å². The largest absolute Gasteiger partial charge is 0.374 e. The van der Waals surface area contributed by atoms with Crippen molar-refractivity contribution in [1.29, 1.82) is 0 Å². The number of nitrogens with zero attached hydrogens (tertiary/aromatic N) is 1. The number of nitrogens with one attached hydrogen (secondary N) is 2. The van der Waals surface area contributed by atoms with Crippen LogP contribution in [0.25, 0.3) is 0 Å². The van der Waals surface area contributed by atoms with Crippen LogP contribution in [-0.2, 0) is 20.7 Å². The first kappa shape index (κ1) is 15.2. The molecule has 114 valence electrons. The maximum atomic E-state index is 11.4. The van der Waals surface area contributed by atoms with E-state index in [1.165, 1.54) is 20.3 Å². The Kier molecular flexibility index (Phi) is 4.71. The number of nitro benzene ring substituents is 1. The van der Waals surface area contributed by atoms with Crippen molar-refractivity contribution in [2.75, 3.05) is 31.4 Å². The van der Waals surface area contributed by atoms with Gasteiger partial charge >= 0.3 is 0 Å². The summed E-state index contributed by atoms with van der Waals surface area (Å²) in [5.41, 5.74) is 1.66. The molecule has 0 unspecified atom stereocenters. The number of hydrogen-bond donors (Lipinski definition) is 2. The van der Waals surface area contributed by atoms with Gasteiger partial charge in [0.15, 0.2) is 6.29 Å². The number of hydrogen-bond acceptors (Lipinski definition) is 6. The van der Waals surface area contributed by atoms with Crippen molar-refractivity contribution in [2.45, 2.75) is 19.1 Å². The molecule has 1 aliphatic rings. The maximum Gasteiger partial charge on any atom is 0.294 e. The highest BCUT2D eigenvalue weighted by Gasteiger charge is 2.22. The Morgan fingerprint density at radius 2 is 2.10 bits per heavy atom. The Morgan fingerprint density at radius 1 is 1.38 bits per heavy atom. The second-order valence-electron chi connectivity index (χ2n) is 4.61. The molecule has 8 nitrogen and oxygen atoms in total. The summed E-state index contributed by atoms with van der Waals surface area (Å²) in [7, 11) is 2.99. The highest BCUT2D eigenvalue weighted by atomic mass is 16.7. The van der Waals surface area contributed by atoms with Crippen molar-refractivity contribution in [3.8, 4) is 0 Å². The van der Waals surface area contributed by atoms with Gasteiger partial charge in [-0.3, -0.25) is 14.9 Å². The minimum Gasteiger partial charge on any atom is -0.374 e. The Hall–Kier alpha value is -2.19. The first-order valence-electron chi connectivity index (χ1n) is 6.45. The van der Waals surface area contributed by atoms with Crippen molar-refractivity contribution in [1.82, 2.24) is 0 Å². The van der Waals surface area contributed by atoms with Gasteiger partial charge in [0.1, 0.15) is 5.69 Å². The van der Waals surface area contributed by atoms with Gasteiger partial charge < -0.3 is 20.1 Å². The molecule has 0 saturated carbocycles. The van der Waals surface area contributed by atoms with E-state index < -0.39 is 11.2 Å². The minimum absolute atomic E-state index is 0.0955. The van der Waals surface area contributed by atoms with Gasteiger partial charge in [0.05, 0.1) is 17.2 Å². The van der Waals surface area contributed by atoms with Gasteiger partial charge in [0, 0.05) is 26.7 Å². The number of anilines is 2. The minimum atomic E-state index is -0.500. The SMILES string of the molecule is COC(CNc1cc2c(cc1[N+](=O)[O-])NC(=O)CC2)OC. The van der Waals surface area contributed by atoms with Gasteiger partial charge in [-0.1, -0.05) is 0 Å². The molecule has 1 aliphatic heterocycles. The lowest BCUT2D eigenvalue weighted by Gasteiger charge is -2.19. The zero-order valence-electron chi connectivity index (χ0n) is 11.8. The quantitative estimate of drug-likeness (QED) is 0.468. The van der Waals surface area contributed by atoms with Crippen LogP contribution in [-0.4, -0.2) is 37.9 Å². The molecule has 1 aromatic rings. The van der Waals surface area contributed by atoms with E-state index in [0.29, 0.717) is 24.2 Å². The third kappa shape index (κ3) is 3.47. The van der Waals surface area contributed by atoms with Crippen molar-refractivity contribution in [3.05, 3.63) is 27.8 Å². The lowest BCUT2D eigenvalue weighted by atomic mass is 10.0.